The van der Waals surface area contributed by atoms with Crippen molar-refractivity contribution < 1.29 is 9.53 Å². The van der Waals surface area contributed by atoms with Gasteiger partial charge in [0, 0.05) is 37.7 Å². The van der Waals surface area contributed by atoms with E-state index in [-0.39, 0.29) is 11.8 Å². The van der Waals surface area contributed by atoms with Gasteiger partial charge in [0.05, 0.1) is 7.11 Å². The minimum atomic E-state index is 0.153. The molecule has 1 aromatic heterocycles. The van der Waals surface area contributed by atoms with Gasteiger partial charge in [-0.2, -0.15) is 0 Å². The van der Waals surface area contributed by atoms with Gasteiger partial charge in [-0.25, -0.2) is 4.98 Å². The van der Waals surface area contributed by atoms with E-state index in [4.69, 9.17) is 4.74 Å². The number of nitrogens with zero attached hydrogens (tertiary/aromatic N) is 3. The van der Waals surface area contributed by atoms with E-state index in [0.29, 0.717) is 12.5 Å². The van der Waals surface area contributed by atoms with Gasteiger partial charge in [0.25, 0.3) is 0 Å². The maximum Gasteiger partial charge on any atom is 0.231 e. The number of hydrogen-bond donors (Lipinski definition) is 0. The van der Waals surface area contributed by atoms with Crippen LogP contribution in [0.5, 0.6) is 5.75 Å². The Morgan fingerprint density at radius 2 is 1.90 bits per heavy atom. The molecule has 0 bridgehead atoms. The monoisotopic (exact) mass is 407 g/mol. The van der Waals surface area contributed by atoms with Gasteiger partial charge in [0.1, 0.15) is 11.6 Å². The van der Waals surface area contributed by atoms with Gasteiger partial charge in [0.15, 0.2) is 0 Å². The zero-order valence-electron chi connectivity index (χ0n) is 18.0. The first kappa shape index (κ1) is 20.9. The number of aromatic nitrogens is 1. The molecule has 160 valence electrons. The van der Waals surface area contributed by atoms with Gasteiger partial charge < -0.3 is 9.64 Å². The lowest BCUT2D eigenvalue weighted by Crippen LogP contribution is -2.42. The number of para-hydroxylation sites is 1. The predicted octanol–water partition coefficient (Wildman–Crippen LogP) is 4.49. The Kier molecular flexibility index (Phi) is 7.00. The number of anilines is 1. The standard InChI is InChI=1S/C25H33N3O2/c1-30-23-12-6-5-11-22(23)21-14-16-27(19-21)17-18-28(24-13-7-8-15-26-24)25(29)20-9-3-2-4-10-20/h5-8,11-13,15,20-21H,2-4,9-10,14,16-19H2,1H3. The van der Waals surface area contributed by atoms with Gasteiger partial charge in [-0.3, -0.25) is 9.69 Å². The molecule has 1 amide bonds. The third-order valence-electron chi connectivity index (χ3n) is 6.64. The highest BCUT2D eigenvalue weighted by Gasteiger charge is 2.30. The van der Waals surface area contributed by atoms with Crippen LogP contribution in [0, 0.1) is 5.92 Å². The average molecular weight is 408 g/mol. The van der Waals surface area contributed by atoms with Gasteiger partial charge >= 0.3 is 0 Å². The maximum absolute atomic E-state index is 13.3. The second kappa shape index (κ2) is 10.1. The summed E-state index contributed by atoms with van der Waals surface area (Å²) >= 11 is 0. The van der Waals surface area contributed by atoms with Crippen molar-refractivity contribution >= 4 is 11.7 Å². The number of carbonyl (C=O) groups is 1. The number of hydrogen-bond acceptors (Lipinski definition) is 4. The molecule has 1 aliphatic heterocycles. The molecule has 1 atom stereocenters. The zero-order valence-corrected chi connectivity index (χ0v) is 18.0. The Balaban J connectivity index is 1.41. The Morgan fingerprint density at radius 3 is 2.67 bits per heavy atom. The summed E-state index contributed by atoms with van der Waals surface area (Å²) in [4.78, 5) is 22.2. The van der Waals surface area contributed by atoms with Crippen LogP contribution in [0.1, 0.15) is 50.0 Å². The number of benzene rings is 1. The minimum Gasteiger partial charge on any atom is -0.496 e. The van der Waals surface area contributed by atoms with Crippen molar-refractivity contribution in [1.29, 1.82) is 0 Å². The molecule has 1 saturated heterocycles. The molecule has 1 aromatic carbocycles. The first-order valence-corrected chi connectivity index (χ1v) is 11.3. The quantitative estimate of drug-likeness (QED) is 0.678. The van der Waals surface area contributed by atoms with Crippen LogP contribution in [0.15, 0.2) is 48.7 Å². The van der Waals surface area contributed by atoms with Crippen molar-refractivity contribution in [2.75, 3.05) is 38.2 Å². The second-order valence-corrected chi connectivity index (χ2v) is 8.54. The molecule has 4 rings (SSSR count). The van der Waals surface area contributed by atoms with E-state index in [1.807, 2.05) is 35.2 Å². The Bertz CT molecular complexity index is 820. The van der Waals surface area contributed by atoms with E-state index >= 15 is 0 Å². The zero-order chi connectivity index (χ0) is 20.8. The predicted molar refractivity (Wildman–Crippen MR) is 120 cm³/mol. The number of ether oxygens (including phenoxy) is 1. The Hall–Kier alpha value is -2.40. The number of likely N-dealkylation sites (tertiary alicyclic amines) is 1. The van der Waals surface area contributed by atoms with Gasteiger partial charge in [-0.15, -0.1) is 0 Å². The number of rotatable bonds is 7. The molecule has 1 saturated carbocycles. The van der Waals surface area contributed by atoms with Crippen molar-refractivity contribution in [2.45, 2.75) is 44.4 Å². The topological polar surface area (TPSA) is 45.7 Å². The smallest absolute Gasteiger partial charge is 0.231 e. The highest BCUT2D eigenvalue weighted by atomic mass is 16.5. The SMILES string of the molecule is COc1ccccc1C1CCN(CCN(C(=O)C2CCCCC2)c2ccccn2)C1. The van der Waals surface area contributed by atoms with E-state index in [1.54, 1.807) is 13.3 Å². The summed E-state index contributed by atoms with van der Waals surface area (Å²) in [7, 11) is 1.74. The van der Waals surface area contributed by atoms with Gasteiger partial charge in [0.2, 0.25) is 5.91 Å². The molecule has 30 heavy (non-hydrogen) atoms. The lowest BCUT2D eigenvalue weighted by Gasteiger charge is -2.30. The van der Waals surface area contributed by atoms with Crippen LogP contribution in [0.3, 0.4) is 0 Å². The summed E-state index contributed by atoms with van der Waals surface area (Å²) in [6, 6.07) is 14.2. The summed E-state index contributed by atoms with van der Waals surface area (Å²) < 4.78 is 5.57. The highest BCUT2D eigenvalue weighted by Crippen LogP contribution is 2.33. The molecule has 2 aliphatic rings. The second-order valence-electron chi connectivity index (χ2n) is 8.54. The van der Waals surface area contributed by atoms with Gasteiger partial charge in [-0.05, 0) is 49.6 Å². The molecular formula is C25H33N3O2. The van der Waals surface area contributed by atoms with Crippen molar-refractivity contribution in [3.8, 4) is 5.75 Å². The minimum absolute atomic E-state index is 0.153. The molecule has 0 spiro atoms. The summed E-state index contributed by atoms with van der Waals surface area (Å²) in [5.41, 5.74) is 1.29. The van der Waals surface area contributed by atoms with Crippen LogP contribution < -0.4 is 9.64 Å². The van der Waals surface area contributed by atoms with Crippen LogP contribution in [-0.4, -0.2) is 49.1 Å². The van der Waals surface area contributed by atoms with E-state index in [1.165, 1.54) is 24.8 Å². The molecule has 1 unspecified atom stereocenters. The number of amides is 1. The molecule has 2 fully saturated rings. The molecule has 0 N–H and O–H groups in total. The van der Waals surface area contributed by atoms with E-state index < -0.39 is 0 Å². The van der Waals surface area contributed by atoms with Crippen LogP contribution in [0.2, 0.25) is 0 Å². The maximum atomic E-state index is 13.3. The van der Waals surface area contributed by atoms with Crippen LogP contribution >= 0.6 is 0 Å². The van der Waals surface area contributed by atoms with Gasteiger partial charge in [-0.1, -0.05) is 43.5 Å². The van der Waals surface area contributed by atoms with E-state index in [2.05, 4.69) is 22.0 Å². The highest BCUT2D eigenvalue weighted by molar-refractivity contribution is 5.94. The largest absolute Gasteiger partial charge is 0.496 e. The fraction of sp³-hybridized carbons (Fsp3) is 0.520. The molecule has 5 nitrogen and oxygen atoms in total. The lowest BCUT2D eigenvalue weighted by molar-refractivity contribution is -0.123. The fourth-order valence-corrected chi connectivity index (χ4v) is 4.96. The summed E-state index contributed by atoms with van der Waals surface area (Å²) in [5, 5.41) is 0. The molecule has 0 radical (unpaired) electrons. The number of pyridine rings is 1. The summed E-state index contributed by atoms with van der Waals surface area (Å²) in [6.07, 6.45) is 8.53. The van der Waals surface area contributed by atoms with Crippen LogP contribution in [0.4, 0.5) is 5.82 Å². The molecule has 2 aromatic rings. The molecule has 1 aliphatic carbocycles. The summed E-state index contributed by atoms with van der Waals surface area (Å²) in [6.45, 7) is 3.64. The third-order valence-corrected chi connectivity index (χ3v) is 6.64. The molecule has 2 heterocycles. The van der Waals surface area contributed by atoms with Crippen molar-refractivity contribution in [1.82, 2.24) is 9.88 Å². The van der Waals surface area contributed by atoms with E-state index in [9.17, 15) is 4.79 Å². The van der Waals surface area contributed by atoms with Crippen molar-refractivity contribution in [3.63, 3.8) is 0 Å². The van der Waals surface area contributed by atoms with Crippen molar-refractivity contribution in [2.24, 2.45) is 5.92 Å². The third kappa shape index (κ3) is 4.84. The number of methoxy groups -OCH3 is 1. The van der Waals surface area contributed by atoms with E-state index in [0.717, 1.165) is 50.5 Å². The first-order valence-electron chi connectivity index (χ1n) is 11.3. The van der Waals surface area contributed by atoms with Crippen LogP contribution in [-0.2, 0) is 4.79 Å². The van der Waals surface area contributed by atoms with Crippen molar-refractivity contribution in [3.05, 3.63) is 54.2 Å². The summed E-state index contributed by atoms with van der Waals surface area (Å²) in [5.74, 6) is 2.66. The average Bonchev–Trinajstić information content (AvgIpc) is 3.29. The molecule has 5 heteroatoms. The molecular weight excluding hydrogens is 374 g/mol. The number of carbonyl (C=O) groups excluding carboxylic acids is 1. The first-order chi connectivity index (χ1) is 14.8. The Labute approximate surface area is 180 Å². The Morgan fingerprint density at radius 1 is 1.10 bits per heavy atom. The normalized spacial score (nSPS) is 20.2. The van der Waals surface area contributed by atoms with Crippen LogP contribution in [0.25, 0.3) is 0 Å². The lowest BCUT2D eigenvalue weighted by atomic mass is 9.88. The fourth-order valence-electron chi connectivity index (χ4n) is 4.96.